The molecule has 1 aromatic heterocycles. The van der Waals surface area contributed by atoms with Crippen LogP contribution in [0.25, 0.3) is 0 Å². The molecule has 0 atom stereocenters. The number of anilines is 1. The number of hydrazone groups is 1. The fourth-order valence-corrected chi connectivity index (χ4v) is 4.24. The van der Waals surface area contributed by atoms with E-state index >= 15 is 0 Å². The average molecular weight is 408 g/mol. The number of thioether (sulfide) groups is 2. The Morgan fingerprint density at radius 1 is 1.27 bits per heavy atom. The van der Waals surface area contributed by atoms with Gasteiger partial charge in [-0.3, -0.25) is 9.80 Å². The number of aromatic nitrogens is 2. The number of hydrogen-bond donors (Lipinski definition) is 1. The van der Waals surface area contributed by atoms with Crippen LogP contribution in [-0.2, 0) is 11.9 Å². The van der Waals surface area contributed by atoms with Gasteiger partial charge in [0.05, 0.1) is 17.4 Å². The van der Waals surface area contributed by atoms with E-state index in [2.05, 4.69) is 15.3 Å². The van der Waals surface area contributed by atoms with Gasteiger partial charge in [-0.15, -0.1) is 0 Å². The predicted octanol–water partition coefficient (Wildman–Crippen LogP) is 3.81. The third-order valence-electron chi connectivity index (χ3n) is 3.37. The number of hydrogen-bond acceptors (Lipinski definition) is 6. The molecule has 0 unspecified atom stereocenters. The van der Waals surface area contributed by atoms with Crippen LogP contribution < -0.4 is 10.6 Å². The minimum absolute atomic E-state index is 0.257. The average Bonchev–Trinajstić information content (AvgIpc) is 2.54. The zero-order valence-corrected chi connectivity index (χ0v) is 14.5. The smallest absolute Gasteiger partial charge is 0.267 e. The molecule has 3 rings (SSSR count). The summed E-state index contributed by atoms with van der Waals surface area (Å²) in [6.45, 7) is 0. The van der Waals surface area contributed by atoms with Crippen molar-refractivity contribution >= 4 is 33.6 Å². The SMILES string of the molecule is CN1N=C(SCc2c(F)cc(C(F)(F)F)cc2F)Sc2c1cn[nH]c2=O. The minimum Gasteiger partial charge on any atom is -0.267 e. The maximum Gasteiger partial charge on any atom is 0.416 e. The van der Waals surface area contributed by atoms with E-state index in [4.69, 9.17) is 0 Å². The molecule has 1 aliphatic heterocycles. The Morgan fingerprint density at radius 3 is 2.54 bits per heavy atom. The first-order chi connectivity index (χ1) is 12.2. The summed E-state index contributed by atoms with van der Waals surface area (Å²) in [5, 5.41) is 11.5. The Bertz CT molecular complexity index is 921. The molecule has 2 aromatic rings. The molecular formula is C14H9F5N4OS2. The number of halogens is 5. The maximum atomic E-state index is 13.9. The Hall–Kier alpha value is -2.08. The van der Waals surface area contributed by atoms with Crippen LogP contribution in [0.15, 0.2) is 33.1 Å². The topological polar surface area (TPSA) is 61.4 Å². The first-order valence-electron chi connectivity index (χ1n) is 6.92. The summed E-state index contributed by atoms with van der Waals surface area (Å²) in [4.78, 5) is 12.1. The Labute approximate surface area is 151 Å². The highest BCUT2D eigenvalue weighted by Crippen LogP contribution is 2.37. The monoisotopic (exact) mass is 408 g/mol. The first kappa shape index (κ1) is 18.7. The van der Waals surface area contributed by atoms with E-state index in [0.717, 1.165) is 23.5 Å². The van der Waals surface area contributed by atoms with Gasteiger partial charge in [-0.05, 0) is 12.1 Å². The van der Waals surface area contributed by atoms with Crippen molar-refractivity contribution < 1.29 is 22.0 Å². The number of aromatic amines is 1. The molecule has 0 spiro atoms. The van der Waals surface area contributed by atoms with E-state index in [1.165, 1.54) is 11.2 Å². The second kappa shape index (κ2) is 6.91. The number of nitrogens with zero attached hydrogens (tertiary/aromatic N) is 3. The van der Waals surface area contributed by atoms with Crippen LogP contribution in [-0.4, -0.2) is 21.6 Å². The fourth-order valence-electron chi connectivity index (χ4n) is 2.09. The highest BCUT2D eigenvalue weighted by atomic mass is 32.2. The summed E-state index contributed by atoms with van der Waals surface area (Å²) >= 11 is 1.89. The number of alkyl halides is 3. The van der Waals surface area contributed by atoms with Crippen molar-refractivity contribution in [1.82, 2.24) is 10.2 Å². The van der Waals surface area contributed by atoms with Gasteiger partial charge >= 0.3 is 6.18 Å². The van der Waals surface area contributed by atoms with E-state index in [9.17, 15) is 26.7 Å². The van der Waals surface area contributed by atoms with Crippen LogP contribution in [0.3, 0.4) is 0 Å². The standard InChI is InChI=1S/C14H9F5N4OS2/c1-23-10-4-20-21-12(24)11(10)26-13(22-23)25-5-7-8(15)2-6(3-9(7)16)14(17,18)19/h2-4H,5H2,1H3,(H,21,24). The lowest BCUT2D eigenvalue weighted by atomic mass is 10.1. The molecule has 0 fully saturated rings. The molecule has 0 amide bonds. The summed E-state index contributed by atoms with van der Waals surface area (Å²) in [7, 11) is 1.57. The van der Waals surface area contributed by atoms with Gasteiger partial charge in [-0.1, -0.05) is 23.5 Å². The highest BCUT2D eigenvalue weighted by molar-refractivity contribution is 8.38. The Kier molecular flexibility index (Phi) is 4.97. The van der Waals surface area contributed by atoms with Gasteiger partial charge in [0, 0.05) is 18.4 Å². The number of fused-ring (bicyclic) bond motifs is 1. The third kappa shape index (κ3) is 3.70. The van der Waals surface area contributed by atoms with Crippen molar-refractivity contribution in [3.63, 3.8) is 0 Å². The molecular weight excluding hydrogens is 399 g/mol. The Balaban J connectivity index is 1.80. The van der Waals surface area contributed by atoms with Gasteiger partial charge in [-0.25, -0.2) is 13.9 Å². The van der Waals surface area contributed by atoms with Gasteiger partial charge < -0.3 is 0 Å². The van der Waals surface area contributed by atoms with Gasteiger partial charge in [0.2, 0.25) is 0 Å². The van der Waals surface area contributed by atoms with Crippen LogP contribution in [0.1, 0.15) is 11.1 Å². The molecule has 5 nitrogen and oxygen atoms in total. The molecule has 0 radical (unpaired) electrons. The van der Waals surface area contributed by atoms with Crippen molar-refractivity contribution in [2.45, 2.75) is 16.8 Å². The van der Waals surface area contributed by atoms with Crippen molar-refractivity contribution in [1.29, 1.82) is 0 Å². The van der Waals surface area contributed by atoms with E-state index < -0.39 is 34.5 Å². The lowest BCUT2D eigenvalue weighted by Crippen LogP contribution is -2.22. The van der Waals surface area contributed by atoms with Crippen LogP contribution >= 0.6 is 23.5 Å². The number of nitrogens with one attached hydrogen (secondary N) is 1. The zero-order valence-electron chi connectivity index (χ0n) is 12.9. The lowest BCUT2D eigenvalue weighted by Gasteiger charge is -2.22. The molecule has 0 saturated heterocycles. The van der Waals surface area contributed by atoms with Crippen LogP contribution in [0, 0.1) is 11.6 Å². The summed E-state index contributed by atoms with van der Waals surface area (Å²) in [6, 6.07) is 0.513. The minimum atomic E-state index is -4.84. The second-order valence-corrected chi connectivity index (χ2v) is 7.33. The van der Waals surface area contributed by atoms with Crippen molar-refractivity contribution in [2.75, 3.05) is 12.1 Å². The second-order valence-electron chi connectivity index (χ2n) is 5.11. The zero-order chi connectivity index (χ0) is 19.1. The van der Waals surface area contributed by atoms with Crippen molar-refractivity contribution in [3.05, 3.63) is 51.4 Å². The normalized spacial score (nSPS) is 14.2. The molecule has 138 valence electrons. The number of H-pyrrole nitrogens is 1. The Morgan fingerprint density at radius 2 is 1.92 bits per heavy atom. The molecule has 12 heteroatoms. The number of rotatable bonds is 2. The van der Waals surface area contributed by atoms with Gasteiger partial charge in [-0.2, -0.15) is 23.4 Å². The highest BCUT2D eigenvalue weighted by Gasteiger charge is 2.32. The van der Waals surface area contributed by atoms with Crippen LogP contribution in [0.4, 0.5) is 27.6 Å². The molecule has 1 aromatic carbocycles. The van der Waals surface area contributed by atoms with Crippen LogP contribution in [0.5, 0.6) is 0 Å². The molecule has 1 aliphatic rings. The van der Waals surface area contributed by atoms with Gasteiger partial charge in [0.15, 0.2) is 4.38 Å². The van der Waals surface area contributed by atoms with Crippen molar-refractivity contribution in [3.8, 4) is 0 Å². The molecule has 0 bridgehead atoms. The van der Waals surface area contributed by atoms with Crippen molar-refractivity contribution in [2.24, 2.45) is 5.10 Å². The predicted molar refractivity (Wildman–Crippen MR) is 89.2 cm³/mol. The number of benzene rings is 1. The quantitative estimate of drug-likeness (QED) is 0.766. The van der Waals surface area contributed by atoms with E-state index in [1.54, 1.807) is 7.05 Å². The fraction of sp³-hybridized carbons (Fsp3) is 0.214. The van der Waals surface area contributed by atoms with E-state index in [1.807, 2.05) is 0 Å². The molecule has 2 heterocycles. The molecule has 0 saturated carbocycles. The molecule has 1 N–H and O–H groups in total. The maximum absolute atomic E-state index is 13.9. The third-order valence-corrected chi connectivity index (χ3v) is 5.59. The lowest BCUT2D eigenvalue weighted by molar-refractivity contribution is -0.138. The first-order valence-corrected chi connectivity index (χ1v) is 8.73. The van der Waals surface area contributed by atoms with Gasteiger partial charge in [0.1, 0.15) is 16.5 Å². The van der Waals surface area contributed by atoms with E-state index in [-0.39, 0.29) is 17.9 Å². The summed E-state index contributed by atoms with van der Waals surface area (Å²) in [5.74, 6) is -2.86. The van der Waals surface area contributed by atoms with Gasteiger partial charge in [0.25, 0.3) is 5.56 Å². The van der Waals surface area contributed by atoms with Crippen LogP contribution in [0.2, 0.25) is 0 Å². The molecule has 0 aliphatic carbocycles. The summed E-state index contributed by atoms with van der Waals surface area (Å²) < 4.78 is 65.8. The molecule has 26 heavy (non-hydrogen) atoms. The summed E-state index contributed by atoms with van der Waals surface area (Å²) in [6.07, 6.45) is -3.43. The van der Waals surface area contributed by atoms with E-state index in [0.29, 0.717) is 15.0 Å². The largest absolute Gasteiger partial charge is 0.416 e. The summed E-state index contributed by atoms with van der Waals surface area (Å²) in [5.41, 5.74) is -1.86.